The van der Waals surface area contributed by atoms with Crippen LogP contribution in [0.3, 0.4) is 0 Å². The van der Waals surface area contributed by atoms with Crippen LogP contribution in [0.5, 0.6) is 0 Å². The molecule has 94 valence electrons. The van der Waals surface area contributed by atoms with E-state index in [-0.39, 0.29) is 5.92 Å². The van der Waals surface area contributed by atoms with Crippen molar-refractivity contribution in [2.75, 3.05) is 0 Å². The molecule has 1 saturated carbocycles. The number of ketones is 1. The Morgan fingerprint density at radius 2 is 2.06 bits per heavy atom. The first-order valence-electron chi connectivity index (χ1n) is 6.70. The summed E-state index contributed by atoms with van der Waals surface area (Å²) < 4.78 is 1.81. The van der Waals surface area contributed by atoms with Gasteiger partial charge in [0.05, 0.1) is 6.42 Å². The monoisotopic (exact) mass is 235 g/mol. The van der Waals surface area contributed by atoms with E-state index in [4.69, 9.17) is 0 Å². The van der Waals surface area contributed by atoms with Gasteiger partial charge in [-0.3, -0.25) is 4.79 Å². The molecule has 0 saturated heterocycles. The number of carbonyl (C=O) groups excluding carboxylic acids is 1. The van der Waals surface area contributed by atoms with Gasteiger partial charge in [-0.05, 0) is 19.8 Å². The quantitative estimate of drug-likeness (QED) is 0.753. The molecule has 0 radical (unpaired) electrons. The molecule has 0 spiro atoms. The van der Waals surface area contributed by atoms with Crippen LogP contribution in [-0.4, -0.2) is 20.5 Å². The van der Waals surface area contributed by atoms with Crippen LogP contribution in [0.4, 0.5) is 0 Å². The summed E-state index contributed by atoms with van der Waals surface area (Å²) in [6.07, 6.45) is 9.12. The van der Waals surface area contributed by atoms with Crippen molar-refractivity contribution < 1.29 is 4.79 Å². The summed E-state index contributed by atoms with van der Waals surface area (Å²) in [5.74, 6) is 1.44. The van der Waals surface area contributed by atoms with Crippen molar-refractivity contribution in [1.82, 2.24) is 14.8 Å². The highest BCUT2D eigenvalue weighted by Gasteiger charge is 2.21. The fraction of sp³-hybridized carbons (Fsp3) is 0.769. The van der Waals surface area contributed by atoms with Crippen molar-refractivity contribution in [3.05, 3.63) is 12.2 Å². The van der Waals surface area contributed by atoms with Gasteiger partial charge in [0.15, 0.2) is 0 Å². The molecule has 0 unspecified atom stereocenters. The zero-order chi connectivity index (χ0) is 12.1. The molecule has 0 aliphatic heterocycles. The molecule has 2 rings (SSSR count). The number of nitrogens with zero attached hydrogens (tertiary/aromatic N) is 3. The zero-order valence-corrected chi connectivity index (χ0v) is 10.6. The molecule has 17 heavy (non-hydrogen) atoms. The van der Waals surface area contributed by atoms with Gasteiger partial charge >= 0.3 is 0 Å². The molecular weight excluding hydrogens is 214 g/mol. The molecule has 1 fully saturated rings. The molecule has 4 nitrogen and oxygen atoms in total. The second-order valence-electron chi connectivity index (χ2n) is 4.82. The van der Waals surface area contributed by atoms with Crippen LogP contribution in [0, 0.1) is 5.92 Å². The lowest BCUT2D eigenvalue weighted by molar-refractivity contribution is -0.122. The summed E-state index contributed by atoms with van der Waals surface area (Å²) in [7, 11) is 0. The van der Waals surface area contributed by atoms with E-state index in [0.29, 0.717) is 12.2 Å². The van der Waals surface area contributed by atoms with Crippen molar-refractivity contribution in [2.45, 2.75) is 58.4 Å². The normalized spacial score (nSPS) is 17.9. The summed E-state index contributed by atoms with van der Waals surface area (Å²) in [5.41, 5.74) is 0. The van der Waals surface area contributed by atoms with E-state index in [0.717, 1.165) is 25.2 Å². The van der Waals surface area contributed by atoms with Crippen LogP contribution in [0.25, 0.3) is 0 Å². The van der Waals surface area contributed by atoms with Crippen molar-refractivity contribution in [1.29, 1.82) is 0 Å². The third-order valence-corrected chi connectivity index (χ3v) is 3.64. The molecule has 0 atom stereocenters. The summed E-state index contributed by atoms with van der Waals surface area (Å²) in [5, 5.41) is 4.10. The molecule has 0 N–H and O–H groups in total. The SMILES string of the molecule is CCn1ncnc1CC(=O)C1CCCCCC1. The first-order valence-corrected chi connectivity index (χ1v) is 6.70. The minimum atomic E-state index is 0.263. The predicted molar refractivity (Wildman–Crippen MR) is 65.6 cm³/mol. The average Bonchev–Trinajstić information content (AvgIpc) is 2.62. The first-order chi connectivity index (χ1) is 8.31. The van der Waals surface area contributed by atoms with Crippen molar-refractivity contribution in [2.24, 2.45) is 5.92 Å². The largest absolute Gasteiger partial charge is 0.299 e. The van der Waals surface area contributed by atoms with E-state index in [1.54, 1.807) is 6.33 Å². The Bertz CT molecular complexity index is 364. The van der Waals surface area contributed by atoms with Gasteiger partial charge in [-0.1, -0.05) is 25.7 Å². The maximum Gasteiger partial charge on any atom is 0.143 e. The summed E-state index contributed by atoms with van der Waals surface area (Å²) in [6.45, 7) is 2.81. The van der Waals surface area contributed by atoms with E-state index < -0.39 is 0 Å². The van der Waals surface area contributed by atoms with E-state index in [1.165, 1.54) is 25.7 Å². The molecule has 1 aliphatic carbocycles. The van der Waals surface area contributed by atoms with E-state index in [1.807, 2.05) is 11.6 Å². The molecule has 4 heteroatoms. The van der Waals surface area contributed by atoms with Crippen LogP contribution >= 0.6 is 0 Å². The Morgan fingerprint density at radius 3 is 2.71 bits per heavy atom. The maximum absolute atomic E-state index is 12.2. The molecular formula is C13H21N3O. The van der Waals surface area contributed by atoms with Crippen molar-refractivity contribution in [3.8, 4) is 0 Å². The van der Waals surface area contributed by atoms with Gasteiger partial charge in [-0.15, -0.1) is 0 Å². The van der Waals surface area contributed by atoms with E-state index in [2.05, 4.69) is 10.1 Å². The number of carbonyl (C=O) groups is 1. The van der Waals surface area contributed by atoms with Crippen molar-refractivity contribution >= 4 is 5.78 Å². The number of aryl methyl sites for hydroxylation is 1. The van der Waals surface area contributed by atoms with E-state index in [9.17, 15) is 4.79 Å². The zero-order valence-electron chi connectivity index (χ0n) is 10.6. The molecule has 1 aromatic rings. The number of Topliss-reactive ketones (excluding diaryl/α,β-unsaturated/α-hetero) is 1. The predicted octanol–water partition coefficient (Wildman–Crippen LogP) is 2.38. The van der Waals surface area contributed by atoms with Gasteiger partial charge in [0.25, 0.3) is 0 Å². The lowest BCUT2D eigenvalue weighted by Gasteiger charge is -2.12. The van der Waals surface area contributed by atoms with Crippen LogP contribution < -0.4 is 0 Å². The van der Waals surface area contributed by atoms with Crippen LogP contribution in [0.15, 0.2) is 6.33 Å². The van der Waals surface area contributed by atoms with Gasteiger partial charge in [-0.25, -0.2) is 9.67 Å². The summed E-state index contributed by atoms with van der Waals surface area (Å²) in [6, 6.07) is 0. The second-order valence-corrected chi connectivity index (χ2v) is 4.82. The van der Waals surface area contributed by atoms with Crippen LogP contribution in [0.1, 0.15) is 51.3 Å². The fourth-order valence-corrected chi connectivity index (χ4v) is 2.59. The van der Waals surface area contributed by atoms with Gasteiger partial charge in [0, 0.05) is 12.5 Å². The average molecular weight is 235 g/mol. The Balaban J connectivity index is 1.95. The van der Waals surface area contributed by atoms with Crippen LogP contribution in [0.2, 0.25) is 0 Å². The Morgan fingerprint density at radius 1 is 1.35 bits per heavy atom. The number of aromatic nitrogens is 3. The highest BCUT2D eigenvalue weighted by atomic mass is 16.1. The molecule has 0 aromatic carbocycles. The topological polar surface area (TPSA) is 47.8 Å². The van der Waals surface area contributed by atoms with Gasteiger partial charge < -0.3 is 0 Å². The third-order valence-electron chi connectivity index (χ3n) is 3.64. The van der Waals surface area contributed by atoms with Crippen LogP contribution in [-0.2, 0) is 17.8 Å². The Labute approximate surface area is 102 Å². The molecule has 0 amide bonds. The van der Waals surface area contributed by atoms with E-state index >= 15 is 0 Å². The third kappa shape index (κ3) is 3.14. The standard InChI is InChI=1S/C13H21N3O/c1-2-16-13(14-10-15-16)9-12(17)11-7-5-3-4-6-8-11/h10-11H,2-9H2,1H3. The Kier molecular flexibility index (Phi) is 4.29. The molecule has 1 aromatic heterocycles. The highest BCUT2D eigenvalue weighted by Crippen LogP contribution is 2.24. The lowest BCUT2D eigenvalue weighted by atomic mass is 9.93. The maximum atomic E-state index is 12.2. The lowest BCUT2D eigenvalue weighted by Crippen LogP contribution is -2.19. The van der Waals surface area contributed by atoms with Gasteiger partial charge in [0.1, 0.15) is 17.9 Å². The Hall–Kier alpha value is -1.19. The first kappa shape index (κ1) is 12.3. The fourth-order valence-electron chi connectivity index (χ4n) is 2.59. The molecule has 1 heterocycles. The summed E-state index contributed by atoms with van der Waals surface area (Å²) >= 11 is 0. The minimum Gasteiger partial charge on any atom is -0.299 e. The molecule has 1 aliphatic rings. The smallest absolute Gasteiger partial charge is 0.143 e. The minimum absolute atomic E-state index is 0.263. The second kappa shape index (κ2) is 5.94. The van der Waals surface area contributed by atoms with Gasteiger partial charge in [0.2, 0.25) is 0 Å². The number of hydrogen-bond donors (Lipinski definition) is 0. The number of hydrogen-bond acceptors (Lipinski definition) is 3. The summed E-state index contributed by atoms with van der Waals surface area (Å²) in [4.78, 5) is 16.4. The number of rotatable bonds is 4. The highest BCUT2D eigenvalue weighted by molar-refractivity contribution is 5.82. The van der Waals surface area contributed by atoms with Gasteiger partial charge in [-0.2, -0.15) is 5.10 Å². The molecule has 0 bridgehead atoms. The van der Waals surface area contributed by atoms with Crippen molar-refractivity contribution in [3.63, 3.8) is 0 Å².